The molecule has 1 aromatic rings. The zero-order chi connectivity index (χ0) is 9.19. The maximum absolute atomic E-state index is 5.82. The second-order valence-electron chi connectivity index (χ2n) is 3.54. The predicted octanol–water partition coefficient (Wildman–Crippen LogP) is 2.94. The van der Waals surface area contributed by atoms with Crippen LogP contribution >= 0.6 is 22.9 Å². The predicted molar refractivity (Wildman–Crippen MR) is 56.2 cm³/mol. The van der Waals surface area contributed by atoms with Gasteiger partial charge in [-0.25, -0.2) is 0 Å². The van der Waals surface area contributed by atoms with Gasteiger partial charge in [0.25, 0.3) is 0 Å². The Morgan fingerprint density at radius 1 is 1.58 bits per heavy atom. The van der Waals surface area contributed by atoms with Crippen LogP contribution < -0.4 is 5.32 Å². The van der Waals surface area contributed by atoms with E-state index in [9.17, 15) is 0 Å². The maximum Gasteiger partial charge on any atom is 0.0515 e. The van der Waals surface area contributed by atoms with Crippen LogP contribution in [0.2, 0.25) is 5.02 Å². The van der Waals surface area contributed by atoms with Crippen LogP contribution in [0.5, 0.6) is 0 Å². The molecule has 0 saturated heterocycles. The lowest BCUT2D eigenvalue weighted by molar-refractivity contribution is 0.425. The number of halogens is 1. The summed E-state index contributed by atoms with van der Waals surface area (Å²) in [4.78, 5) is 1.33. The second kappa shape index (κ2) is 3.77. The Balaban J connectivity index is 2.63. The first-order valence-electron chi connectivity index (χ1n) is 3.95. The van der Waals surface area contributed by atoms with Crippen molar-refractivity contribution in [2.24, 2.45) is 0 Å². The Hall–Kier alpha value is -0.0500. The third-order valence-electron chi connectivity index (χ3n) is 1.91. The summed E-state index contributed by atoms with van der Waals surface area (Å²) in [6.45, 7) is 4.36. The third kappa shape index (κ3) is 2.77. The molecule has 0 aliphatic carbocycles. The van der Waals surface area contributed by atoms with Crippen molar-refractivity contribution < 1.29 is 0 Å². The first kappa shape index (κ1) is 10.0. The third-order valence-corrected chi connectivity index (χ3v) is 3.20. The van der Waals surface area contributed by atoms with Crippen molar-refractivity contribution in [1.29, 1.82) is 0 Å². The summed E-state index contributed by atoms with van der Waals surface area (Å²) in [5.41, 5.74) is 0.161. The Bertz CT molecular complexity index is 255. The first-order chi connectivity index (χ1) is 5.53. The first-order valence-corrected chi connectivity index (χ1v) is 5.21. The number of likely N-dealkylation sites (N-methyl/N-ethyl adjacent to an activating group) is 1. The molecule has 1 N–H and O–H groups in total. The zero-order valence-electron chi connectivity index (χ0n) is 7.65. The molecule has 0 fully saturated rings. The Morgan fingerprint density at radius 2 is 2.25 bits per heavy atom. The van der Waals surface area contributed by atoms with Gasteiger partial charge in [0, 0.05) is 15.8 Å². The van der Waals surface area contributed by atoms with E-state index in [4.69, 9.17) is 11.6 Å². The van der Waals surface area contributed by atoms with E-state index >= 15 is 0 Å². The van der Waals surface area contributed by atoms with Gasteiger partial charge in [-0.2, -0.15) is 0 Å². The highest BCUT2D eigenvalue weighted by molar-refractivity contribution is 7.10. The molecule has 68 valence electrons. The smallest absolute Gasteiger partial charge is 0.0515 e. The summed E-state index contributed by atoms with van der Waals surface area (Å²) in [5.74, 6) is 0. The van der Waals surface area contributed by atoms with Crippen LogP contribution in [0.25, 0.3) is 0 Å². The molecule has 0 unspecified atom stereocenters. The lowest BCUT2D eigenvalue weighted by atomic mass is 10.0. The van der Waals surface area contributed by atoms with E-state index in [0.717, 1.165) is 11.4 Å². The number of thiophene rings is 1. The quantitative estimate of drug-likeness (QED) is 0.797. The summed E-state index contributed by atoms with van der Waals surface area (Å²) < 4.78 is 0. The molecule has 0 aliphatic heterocycles. The highest BCUT2D eigenvalue weighted by Crippen LogP contribution is 2.22. The average Bonchev–Trinajstić information content (AvgIpc) is 2.35. The monoisotopic (exact) mass is 203 g/mol. The van der Waals surface area contributed by atoms with E-state index in [-0.39, 0.29) is 5.54 Å². The standard InChI is InChI=1S/C9H14ClNS/c1-9(2,11-3)5-8-4-7(10)6-12-8/h4,6,11H,5H2,1-3H3. The fourth-order valence-electron chi connectivity index (χ4n) is 0.970. The molecule has 0 radical (unpaired) electrons. The number of hydrogen-bond donors (Lipinski definition) is 1. The minimum Gasteiger partial charge on any atom is -0.314 e. The summed E-state index contributed by atoms with van der Waals surface area (Å²) in [7, 11) is 1.98. The van der Waals surface area contributed by atoms with E-state index in [1.165, 1.54) is 4.88 Å². The van der Waals surface area contributed by atoms with Gasteiger partial charge in [-0.3, -0.25) is 0 Å². The second-order valence-corrected chi connectivity index (χ2v) is 4.97. The molecular formula is C9H14ClNS. The van der Waals surface area contributed by atoms with Gasteiger partial charge >= 0.3 is 0 Å². The van der Waals surface area contributed by atoms with Crippen LogP contribution in [-0.2, 0) is 6.42 Å². The highest BCUT2D eigenvalue weighted by atomic mass is 35.5. The van der Waals surface area contributed by atoms with Gasteiger partial charge in [0.05, 0.1) is 5.02 Å². The summed E-state index contributed by atoms with van der Waals surface area (Å²) >= 11 is 7.54. The molecular weight excluding hydrogens is 190 g/mol. The van der Waals surface area contributed by atoms with Crippen molar-refractivity contribution in [3.8, 4) is 0 Å². The molecule has 0 atom stereocenters. The van der Waals surface area contributed by atoms with Crippen molar-refractivity contribution in [3.05, 3.63) is 21.3 Å². The van der Waals surface area contributed by atoms with E-state index in [2.05, 4.69) is 19.2 Å². The highest BCUT2D eigenvalue weighted by Gasteiger charge is 2.16. The van der Waals surface area contributed by atoms with Crippen molar-refractivity contribution in [2.75, 3.05) is 7.05 Å². The number of nitrogens with one attached hydrogen (secondary N) is 1. The van der Waals surface area contributed by atoms with Crippen molar-refractivity contribution in [2.45, 2.75) is 25.8 Å². The number of hydrogen-bond acceptors (Lipinski definition) is 2. The molecule has 1 aromatic heterocycles. The van der Waals surface area contributed by atoms with Gasteiger partial charge in [-0.1, -0.05) is 11.6 Å². The molecule has 0 bridgehead atoms. The molecule has 3 heteroatoms. The maximum atomic E-state index is 5.82. The zero-order valence-corrected chi connectivity index (χ0v) is 9.22. The van der Waals surface area contributed by atoms with E-state index in [0.29, 0.717) is 0 Å². The SMILES string of the molecule is CNC(C)(C)Cc1cc(Cl)cs1. The number of rotatable bonds is 3. The van der Waals surface area contributed by atoms with E-state index in [1.54, 1.807) is 11.3 Å². The van der Waals surface area contributed by atoms with E-state index in [1.807, 2.05) is 18.5 Å². The Labute approximate surface area is 82.7 Å². The van der Waals surface area contributed by atoms with Crippen molar-refractivity contribution in [3.63, 3.8) is 0 Å². The molecule has 0 spiro atoms. The van der Waals surface area contributed by atoms with Gasteiger partial charge in [-0.15, -0.1) is 11.3 Å². The Kier molecular flexibility index (Phi) is 3.16. The van der Waals surface area contributed by atoms with Crippen molar-refractivity contribution >= 4 is 22.9 Å². The molecule has 0 aliphatic rings. The van der Waals surface area contributed by atoms with Gasteiger partial charge in [0.2, 0.25) is 0 Å². The molecule has 0 aromatic carbocycles. The normalized spacial score (nSPS) is 12.0. The van der Waals surface area contributed by atoms with E-state index < -0.39 is 0 Å². The molecule has 12 heavy (non-hydrogen) atoms. The van der Waals surface area contributed by atoms with Crippen LogP contribution in [-0.4, -0.2) is 12.6 Å². The van der Waals surface area contributed by atoms with Crippen LogP contribution in [0, 0.1) is 0 Å². The minimum atomic E-state index is 0.161. The van der Waals surface area contributed by atoms with Gasteiger partial charge in [0.1, 0.15) is 0 Å². The topological polar surface area (TPSA) is 12.0 Å². The van der Waals surface area contributed by atoms with Crippen LogP contribution in [0.1, 0.15) is 18.7 Å². The minimum absolute atomic E-state index is 0.161. The van der Waals surface area contributed by atoms with Crippen LogP contribution in [0.4, 0.5) is 0 Å². The molecule has 1 rings (SSSR count). The molecule has 0 saturated carbocycles. The molecule has 1 nitrogen and oxygen atoms in total. The van der Waals surface area contributed by atoms with Gasteiger partial charge in [0.15, 0.2) is 0 Å². The van der Waals surface area contributed by atoms with Crippen molar-refractivity contribution in [1.82, 2.24) is 5.32 Å². The largest absolute Gasteiger partial charge is 0.314 e. The fraction of sp³-hybridized carbons (Fsp3) is 0.556. The lowest BCUT2D eigenvalue weighted by Gasteiger charge is -2.22. The summed E-state index contributed by atoms with van der Waals surface area (Å²) in [6.07, 6.45) is 1.03. The molecule has 1 heterocycles. The average molecular weight is 204 g/mol. The van der Waals surface area contributed by atoms with Gasteiger partial charge < -0.3 is 5.32 Å². The Morgan fingerprint density at radius 3 is 2.67 bits per heavy atom. The van der Waals surface area contributed by atoms with Crippen LogP contribution in [0.15, 0.2) is 11.4 Å². The van der Waals surface area contributed by atoms with Gasteiger partial charge in [-0.05, 0) is 33.4 Å². The van der Waals surface area contributed by atoms with Crippen LogP contribution in [0.3, 0.4) is 0 Å². The molecule has 0 amide bonds. The fourth-order valence-corrected chi connectivity index (χ4v) is 2.27. The lowest BCUT2D eigenvalue weighted by Crippen LogP contribution is -2.38. The summed E-state index contributed by atoms with van der Waals surface area (Å²) in [5, 5.41) is 6.09. The summed E-state index contributed by atoms with van der Waals surface area (Å²) in [6, 6.07) is 2.03.